The zero-order valence-electron chi connectivity index (χ0n) is 17.7. The van der Waals surface area contributed by atoms with Gasteiger partial charge in [-0.2, -0.15) is 0 Å². The summed E-state index contributed by atoms with van der Waals surface area (Å²) in [6.45, 7) is 0. The monoisotopic (exact) mass is 451 g/mol. The molecular formula is C23H21N3O5S. The lowest BCUT2D eigenvalue weighted by Crippen LogP contribution is -2.04. The average molecular weight is 452 g/mol. The summed E-state index contributed by atoms with van der Waals surface area (Å²) >= 11 is 0. The van der Waals surface area contributed by atoms with Crippen LogP contribution in [0.5, 0.6) is 17.2 Å². The Morgan fingerprint density at radius 1 is 0.781 bits per heavy atom. The summed E-state index contributed by atoms with van der Waals surface area (Å²) in [5, 5.41) is 8.42. The lowest BCUT2D eigenvalue weighted by atomic mass is 10.2. The molecule has 32 heavy (non-hydrogen) atoms. The molecule has 0 saturated heterocycles. The molecule has 0 atom stereocenters. The van der Waals surface area contributed by atoms with Gasteiger partial charge in [-0.3, -0.25) is 0 Å². The number of nitrogens with zero attached hydrogens (tertiary/aromatic N) is 3. The van der Waals surface area contributed by atoms with E-state index in [0.29, 0.717) is 34.2 Å². The zero-order chi connectivity index (χ0) is 22.7. The van der Waals surface area contributed by atoms with Crippen molar-refractivity contribution in [2.24, 2.45) is 0 Å². The first-order chi connectivity index (χ1) is 15.5. The van der Waals surface area contributed by atoms with Crippen LogP contribution >= 0.6 is 0 Å². The van der Waals surface area contributed by atoms with Crippen LogP contribution < -0.4 is 14.2 Å². The molecule has 9 heteroatoms. The maximum Gasteiger partial charge on any atom is 0.207 e. The highest BCUT2D eigenvalue weighted by molar-refractivity contribution is 7.91. The van der Waals surface area contributed by atoms with Crippen molar-refractivity contribution in [3.63, 3.8) is 0 Å². The van der Waals surface area contributed by atoms with E-state index in [4.69, 9.17) is 14.2 Å². The van der Waals surface area contributed by atoms with Gasteiger partial charge in [0.05, 0.1) is 37.3 Å². The molecule has 0 aliphatic rings. The molecule has 0 bridgehead atoms. The van der Waals surface area contributed by atoms with Gasteiger partial charge in [-0.1, -0.05) is 29.5 Å². The highest BCUT2D eigenvalue weighted by Crippen LogP contribution is 2.34. The maximum absolute atomic E-state index is 13.4. The molecule has 0 N–H and O–H groups in total. The van der Waals surface area contributed by atoms with E-state index in [2.05, 4.69) is 10.3 Å². The summed E-state index contributed by atoms with van der Waals surface area (Å²) in [7, 11) is 0.818. The SMILES string of the molecule is COc1ccc(S(=O)(=O)c2ccccc2-c2cn(-c3c(OC)cccc3OC)nn2)cc1. The molecule has 0 aliphatic heterocycles. The quantitative estimate of drug-likeness (QED) is 0.422. The molecule has 4 aromatic rings. The van der Waals surface area contributed by atoms with Crippen LogP contribution in [0.4, 0.5) is 0 Å². The molecule has 0 radical (unpaired) electrons. The van der Waals surface area contributed by atoms with Gasteiger partial charge < -0.3 is 14.2 Å². The first-order valence-electron chi connectivity index (χ1n) is 9.62. The highest BCUT2D eigenvalue weighted by atomic mass is 32.2. The topological polar surface area (TPSA) is 92.5 Å². The maximum atomic E-state index is 13.4. The van der Waals surface area contributed by atoms with E-state index in [1.54, 1.807) is 75.0 Å². The van der Waals surface area contributed by atoms with Gasteiger partial charge >= 0.3 is 0 Å². The van der Waals surface area contributed by atoms with Crippen molar-refractivity contribution in [1.82, 2.24) is 15.0 Å². The van der Waals surface area contributed by atoms with E-state index in [1.165, 1.54) is 23.9 Å². The Bertz CT molecular complexity index is 1330. The van der Waals surface area contributed by atoms with Crippen LogP contribution in [0.1, 0.15) is 0 Å². The smallest absolute Gasteiger partial charge is 0.207 e. The Hall–Kier alpha value is -3.85. The van der Waals surface area contributed by atoms with Crippen LogP contribution in [0.25, 0.3) is 16.9 Å². The number of rotatable bonds is 7. The number of aromatic nitrogens is 3. The summed E-state index contributed by atoms with van der Waals surface area (Å²) in [5.74, 6) is 1.66. The molecule has 0 saturated carbocycles. The van der Waals surface area contributed by atoms with Crippen molar-refractivity contribution in [3.05, 3.63) is 72.9 Å². The van der Waals surface area contributed by atoms with E-state index < -0.39 is 9.84 Å². The fourth-order valence-corrected chi connectivity index (χ4v) is 4.82. The predicted octanol–water partition coefficient (Wildman–Crippen LogP) is 3.79. The van der Waals surface area contributed by atoms with Crippen LogP contribution in [-0.4, -0.2) is 44.7 Å². The van der Waals surface area contributed by atoms with E-state index in [-0.39, 0.29) is 9.79 Å². The van der Waals surface area contributed by atoms with Gasteiger partial charge in [-0.05, 0) is 42.5 Å². The molecule has 0 aliphatic carbocycles. The van der Waals surface area contributed by atoms with Crippen molar-refractivity contribution in [2.75, 3.05) is 21.3 Å². The van der Waals surface area contributed by atoms with Crippen molar-refractivity contribution in [2.45, 2.75) is 9.79 Å². The van der Waals surface area contributed by atoms with Gasteiger partial charge in [0.1, 0.15) is 22.9 Å². The van der Waals surface area contributed by atoms with Crippen molar-refractivity contribution >= 4 is 9.84 Å². The van der Waals surface area contributed by atoms with Crippen LogP contribution in [0.15, 0.2) is 82.7 Å². The van der Waals surface area contributed by atoms with Crippen molar-refractivity contribution in [3.8, 4) is 34.2 Å². The third kappa shape index (κ3) is 3.78. The lowest BCUT2D eigenvalue weighted by molar-refractivity contribution is 0.388. The zero-order valence-corrected chi connectivity index (χ0v) is 18.5. The van der Waals surface area contributed by atoms with Gasteiger partial charge in [-0.25, -0.2) is 13.1 Å². The number of benzene rings is 3. The number of ether oxygens (including phenoxy) is 3. The van der Waals surface area contributed by atoms with Gasteiger partial charge in [0, 0.05) is 5.56 Å². The number of sulfone groups is 1. The molecule has 1 aromatic heterocycles. The second-order valence-corrected chi connectivity index (χ2v) is 8.65. The summed E-state index contributed by atoms with van der Waals surface area (Å²) in [4.78, 5) is 0.286. The largest absolute Gasteiger partial charge is 0.497 e. The summed E-state index contributed by atoms with van der Waals surface area (Å²) in [6.07, 6.45) is 1.64. The van der Waals surface area contributed by atoms with Crippen molar-refractivity contribution < 1.29 is 22.6 Å². The van der Waals surface area contributed by atoms with Crippen LogP contribution in [0.3, 0.4) is 0 Å². The minimum absolute atomic E-state index is 0.129. The van der Waals surface area contributed by atoms with E-state index >= 15 is 0 Å². The van der Waals surface area contributed by atoms with Crippen molar-refractivity contribution in [1.29, 1.82) is 0 Å². The number of methoxy groups -OCH3 is 3. The third-order valence-electron chi connectivity index (χ3n) is 4.95. The summed E-state index contributed by atoms with van der Waals surface area (Å²) < 4.78 is 44.2. The van der Waals surface area contributed by atoms with E-state index in [9.17, 15) is 8.42 Å². The fourth-order valence-electron chi connectivity index (χ4n) is 3.35. The first-order valence-corrected chi connectivity index (χ1v) is 11.1. The Kier molecular flexibility index (Phi) is 5.83. The first kappa shape index (κ1) is 21.4. The van der Waals surface area contributed by atoms with Crippen LogP contribution in [0, 0.1) is 0 Å². The number of para-hydroxylation sites is 1. The molecular weight excluding hydrogens is 430 g/mol. The second kappa shape index (κ2) is 8.72. The number of hydrogen-bond acceptors (Lipinski definition) is 7. The molecule has 0 amide bonds. The van der Waals surface area contributed by atoms with Gasteiger partial charge in [0.2, 0.25) is 9.84 Å². The third-order valence-corrected chi connectivity index (χ3v) is 6.77. The van der Waals surface area contributed by atoms with Crippen LogP contribution in [-0.2, 0) is 9.84 Å². The lowest BCUT2D eigenvalue weighted by Gasteiger charge is -2.12. The molecule has 0 unspecified atom stereocenters. The van der Waals surface area contributed by atoms with E-state index in [0.717, 1.165) is 0 Å². The molecule has 4 rings (SSSR count). The Balaban J connectivity index is 1.81. The molecule has 1 heterocycles. The van der Waals surface area contributed by atoms with Gasteiger partial charge in [0.25, 0.3) is 0 Å². The fraction of sp³-hybridized carbons (Fsp3) is 0.130. The predicted molar refractivity (Wildman–Crippen MR) is 118 cm³/mol. The molecule has 3 aromatic carbocycles. The molecule has 0 fully saturated rings. The molecule has 164 valence electrons. The molecule has 8 nitrogen and oxygen atoms in total. The Labute approximate surface area is 185 Å². The van der Waals surface area contributed by atoms with E-state index in [1.807, 2.05) is 0 Å². The number of hydrogen-bond donors (Lipinski definition) is 0. The Morgan fingerprint density at radius 3 is 2.06 bits per heavy atom. The summed E-state index contributed by atoms with van der Waals surface area (Å²) in [6, 6.07) is 18.3. The minimum atomic E-state index is -3.81. The molecule has 0 spiro atoms. The average Bonchev–Trinajstić information content (AvgIpc) is 3.33. The second-order valence-electron chi connectivity index (χ2n) is 6.73. The highest BCUT2D eigenvalue weighted by Gasteiger charge is 2.24. The minimum Gasteiger partial charge on any atom is -0.497 e. The van der Waals surface area contributed by atoms with Gasteiger partial charge in [-0.15, -0.1) is 5.10 Å². The Morgan fingerprint density at radius 2 is 1.44 bits per heavy atom. The van der Waals surface area contributed by atoms with Gasteiger partial charge in [0.15, 0.2) is 5.69 Å². The standard InChI is InChI=1S/C23H21N3O5S/c1-29-16-11-13-17(14-12-16)32(27,28)22-10-5-4-7-18(22)19-15-26(25-24-19)23-20(30-2)8-6-9-21(23)31-3/h4-15H,1-3H3. The van der Waals surface area contributed by atoms with Crippen LogP contribution in [0.2, 0.25) is 0 Å². The summed E-state index contributed by atoms with van der Waals surface area (Å²) in [5.41, 5.74) is 1.39. The normalized spacial score (nSPS) is 11.2.